The van der Waals surface area contributed by atoms with E-state index in [2.05, 4.69) is 4.99 Å². The molecule has 156 valence electrons. The van der Waals surface area contributed by atoms with Crippen LogP contribution in [0.15, 0.2) is 58.3 Å². The first-order valence-electron chi connectivity index (χ1n) is 9.53. The molecule has 1 aromatic heterocycles. The van der Waals surface area contributed by atoms with Crippen molar-refractivity contribution < 1.29 is 10.0 Å². The first-order valence-corrected chi connectivity index (χ1v) is 9.53. The second-order valence-corrected chi connectivity index (χ2v) is 7.03. The molecule has 3 rings (SSSR count). The number of nitro benzene ring substituents is 1. The Morgan fingerprint density at radius 3 is 2.58 bits per heavy atom. The topological polar surface area (TPSA) is 122 Å². The van der Waals surface area contributed by atoms with Crippen molar-refractivity contribution in [2.45, 2.75) is 26.8 Å². The van der Waals surface area contributed by atoms with E-state index >= 15 is 0 Å². The Morgan fingerprint density at radius 1 is 1.23 bits per heavy atom. The van der Waals surface area contributed by atoms with Crippen molar-refractivity contribution in [3.63, 3.8) is 0 Å². The highest BCUT2D eigenvalue weighted by Crippen LogP contribution is 2.26. The van der Waals surface area contributed by atoms with E-state index in [0.29, 0.717) is 23.2 Å². The predicted molar refractivity (Wildman–Crippen MR) is 117 cm³/mol. The molecule has 0 spiro atoms. The van der Waals surface area contributed by atoms with Crippen LogP contribution < -0.4 is 5.56 Å². The third-order valence-corrected chi connectivity index (χ3v) is 5.05. The molecule has 0 aliphatic heterocycles. The zero-order chi connectivity index (χ0) is 22.5. The molecule has 1 N–H and O–H groups in total. The fourth-order valence-electron chi connectivity index (χ4n) is 3.20. The molecule has 0 fully saturated rings. The summed E-state index contributed by atoms with van der Waals surface area (Å²) in [6, 6.07) is 15.7. The minimum Gasteiger partial charge on any atom is -0.494 e. The van der Waals surface area contributed by atoms with Gasteiger partial charge in [0.05, 0.1) is 16.2 Å². The molecular weight excluding hydrogens is 396 g/mol. The number of aliphatic imine (C=N–C) groups is 1. The second kappa shape index (κ2) is 9.05. The van der Waals surface area contributed by atoms with Gasteiger partial charge in [-0.3, -0.25) is 24.5 Å². The molecule has 0 saturated heterocycles. The predicted octanol–water partition coefficient (Wildman–Crippen LogP) is 3.94. The maximum absolute atomic E-state index is 12.7. The van der Waals surface area contributed by atoms with Crippen LogP contribution in [0.3, 0.4) is 0 Å². The standard InChI is InChI=1S/C23H20N4O4/c1-15-8-9-18(27(30)31)12-21(15)25-14-20-16(2)19(13-24)22(28)26(23(20)29)11-10-17-6-4-3-5-7-17/h3-9,12,14,29H,10-11H2,1-2H3. The maximum Gasteiger partial charge on any atom is 0.271 e. The van der Waals surface area contributed by atoms with Crippen molar-refractivity contribution in [1.82, 2.24) is 4.57 Å². The van der Waals surface area contributed by atoms with Gasteiger partial charge >= 0.3 is 0 Å². The minimum absolute atomic E-state index is 0.0805. The van der Waals surface area contributed by atoms with E-state index in [1.165, 1.54) is 18.3 Å². The van der Waals surface area contributed by atoms with Crippen molar-refractivity contribution in [3.8, 4) is 11.9 Å². The summed E-state index contributed by atoms with van der Waals surface area (Å²) >= 11 is 0. The normalized spacial score (nSPS) is 10.9. The number of pyridine rings is 1. The number of benzene rings is 2. The number of aryl methyl sites for hydroxylation is 2. The van der Waals surface area contributed by atoms with E-state index in [4.69, 9.17) is 0 Å². The van der Waals surface area contributed by atoms with Gasteiger partial charge in [0, 0.05) is 24.9 Å². The van der Waals surface area contributed by atoms with Gasteiger partial charge in [0.25, 0.3) is 11.2 Å². The van der Waals surface area contributed by atoms with Gasteiger partial charge in [-0.1, -0.05) is 36.4 Å². The van der Waals surface area contributed by atoms with Crippen molar-refractivity contribution in [2.24, 2.45) is 4.99 Å². The van der Waals surface area contributed by atoms with Crippen LogP contribution in [-0.2, 0) is 13.0 Å². The summed E-state index contributed by atoms with van der Waals surface area (Å²) in [5, 5.41) is 31.3. The van der Waals surface area contributed by atoms with Crippen molar-refractivity contribution in [2.75, 3.05) is 0 Å². The van der Waals surface area contributed by atoms with E-state index in [1.807, 2.05) is 36.4 Å². The number of non-ortho nitro benzene ring substituents is 1. The molecule has 8 heteroatoms. The van der Waals surface area contributed by atoms with Gasteiger partial charge in [-0.05, 0) is 37.0 Å². The van der Waals surface area contributed by atoms with Gasteiger partial charge in [-0.15, -0.1) is 0 Å². The number of nitrogens with zero attached hydrogens (tertiary/aromatic N) is 4. The summed E-state index contributed by atoms with van der Waals surface area (Å²) in [6.07, 6.45) is 1.82. The van der Waals surface area contributed by atoms with Crippen LogP contribution in [0.2, 0.25) is 0 Å². The van der Waals surface area contributed by atoms with Gasteiger partial charge in [-0.25, -0.2) is 0 Å². The zero-order valence-corrected chi connectivity index (χ0v) is 17.1. The summed E-state index contributed by atoms with van der Waals surface area (Å²) in [7, 11) is 0. The Morgan fingerprint density at radius 2 is 1.94 bits per heavy atom. The molecule has 2 aromatic carbocycles. The van der Waals surface area contributed by atoms with Crippen LogP contribution in [0.1, 0.15) is 27.8 Å². The summed E-state index contributed by atoms with van der Waals surface area (Å²) in [6.45, 7) is 3.49. The lowest BCUT2D eigenvalue weighted by Crippen LogP contribution is -2.26. The average molecular weight is 416 g/mol. The van der Waals surface area contributed by atoms with Crippen LogP contribution in [0.5, 0.6) is 5.88 Å². The Labute approximate surface area is 178 Å². The molecular formula is C23H20N4O4. The van der Waals surface area contributed by atoms with Gasteiger partial charge in [-0.2, -0.15) is 5.26 Å². The van der Waals surface area contributed by atoms with E-state index in [9.17, 15) is 25.3 Å². The van der Waals surface area contributed by atoms with E-state index in [-0.39, 0.29) is 29.2 Å². The van der Waals surface area contributed by atoms with Gasteiger partial charge < -0.3 is 5.11 Å². The Hall–Kier alpha value is -4.25. The third kappa shape index (κ3) is 4.51. The first-order chi connectivity index (χ1) is 14.8. The molecule has 0 unspecified atom stereocenters. The summed E-state index contributed by atoms with van der Waals surface area (Å²) in [4.78, 5) is 27.5. The monoisotopic (exact) mass is 416 g/mol. The molecule has 8 nitrogen and oxygen atoms in total. The van der Waals surface area contributed by atoms with Crippen LogP contribution >= 0.6 is 0 Å². The Kier molecular flexibility index (Phi) is 6.26. The fraction of sp³-hybridized carbons (Fsp3) is 0.174. The lowest BCUT2D eigenvalue weighted by Gasteiger charge is -2.14. The van der Waals surface area contributed by atoms with Crippen LogP contribution in [0.4, 0.5) is 11.4 Å². The largest absolute Gasteiger partial charge is 0.494 e. The summed E-state index contributed by atoms with van der Waals surface area (Å²) < 4.78 is 1.15. The van der Waals surface area contributed by atoms with Crippen molar-refractivity contribution in [3.05, 3.63) is 96.8 Å². The Balaban J connectivity index is 2.05. The lowest BCUT2D eigenvalue weighted by molar-refractivity contribution is -0.384. The number of rotatable bonds is 6. The quantitative estimate of drug-likeness (QED) is 0.370. The van der Waals surface area contributed by atoms with Crippen molar-refractivity contribution >= 4 is 17.6 Å². The molecule has 0 aliphatic rings. The number of hydrogen-bond acceptors (Lipinski definition) is 6. The summed E-state index contributed by atoms with van der Waals surface area (Å²) in [5.74, 6) is -0.302. The molecule has 31 heavy (non-hydrogen) atoms. The smallest absolute Gasteiger partial charge is 0.271 e. The van der Waals surface area contributed by atoms with E-state index in [1.54, 1.807) is 19.9 Å². The fourth-order valence-corrected chi connectivity index (χ4v) is 3.20. The first kappa shape index (κ1) is 21.5. The molecule has 0 atom stereocenters. The second-order valence-electron chi connectivity index (χ2n) is 7.03. The molecule has 0 amide bonds. The highest BCUT2D eigenvalue weighted by atomic mass is 16.6. The summed E-state index contributed by atoms with van der Waals surface area (Å²) in [5.41, 5.74) is 1.80. The molecule has 0 saturated carbocycles. The zero-order valence-electron chi connectivity index (χ0n) is 17.1. The van der Waals surface area contributed by atoms with Crippen molar-refractivity contribution in [1.29, 1.82) is 5.26 Å². The lowest BCUT2D eigenvalue weighted by atomic mass is 10.1. The highest BCUT2D eigenvalue weighted by Gasteiger charge is 2.18. The van der Waals surface area contributed by atoms with Gasteiger partial charge in [0.2, 0.25) is 5.88 Å². The average Bonchev–Trinajstić information content (AvgIpc) is 2.75. The molecule has 0 aliphatic carbocycles. The molecule has 0 bridgehead atoms. The van der Waals surface area contributed by atoms with E-state index < -0.39 is 10.5 Å². The molecule has 1 heterocycles. The van der Waals surface area contributed by atoms with Gasteiger partial charge in [0.1, 0.15) is 11.6 Å². The SMILES string of the molecule is Cc1ccc([N+](=O)[O-])cc1N=Cc1c(C)c(C#N)c(=O)n(CCc2ccccc2)c1O. The third-order valence-electron chi connectivity index (χ3n) is 5.05. The number of nitriles is 1. The minimum atomic E-state index is -0.572. The highest BCUT2D eigenvalue weighted by molar-refractivity contribution is 5.87. The van der Waals surface area contributed by atoms with Crippen LogP contribution in [-0.4, -0.2) is 20.8 Å². The number of aromatic hydroxyl groups is 1. The number of aromatic nitrogens is 1. The van der Waals surface area contributed by atoms with Gasteiger partial charge in [0.15, 0.2) is 0 Å². The van der Waals surface area contributed by atoms with Crippen LogP contribution in [0, 0.1) is 35.3 Å². The van der Waals surface area contributed by atoms with E-state index in [0.717, 1.165) is 10.1 Å². The number of nitro groups is 1. The maximum atomic E-state index is 12.7. The Bertz CT molecular complexity index is 1270. The molecule has 3 aromatic rings. The number of hydrogen-bond donors (Lipinski definition) is 1. The van der Waals surface area contributed by atoms with Crippen LogP contribution in [0.25, 0.3) is 0 Å². The molecule has 0 radical (unpaired) electrons.